The minimum absolute atomic E-state index is 0.0293. The molecule has 1 aromatic rings. The zero-order chi connectivity index (χ0) is 25.2. The van der Waals surface area contributed by atoms with Crippen molar-refractivity contribution in [1.82, 2.24) is 0 Å². The molecule has 0 heterocycles. The quantitative estimate of drug-likeness (QED) is 0.174. The Bertz CT molecular complexity index is 855. The van der Waals surface area contributed by atoms with Gasteiger partial charge in [0.15, 0.2) is 17.5 Å². The van der Waals surface area contributed by atoms with E-state index in [9.17, 15) is 14.4 Å². The number of hydrogen-bond donors (Lipinski definition) is 2. The van der Waals surface area contributed by atoms with Crippen LogP contribution in [0.3, 0.4) is 0 Å². The van der Waals surface area contributed by atoms with E-state index in [1.54, 1.807) is 6.07 Å². The molecule has 0 bridgehead atoms. The first-order valence-corrected chi connectivity index (χ1v) is 10.8. The van der Waals surface area contributed by atoms with Gasteiger partial charge in [0.1, 0.15) is 0 Å². The molecule has 0 radical (unpaired) electrons. The Labute approximate surface area is 195 Å². The van der Waals surface area contributed by atoms with Gasteiger partial charge in [-0.15, -0.1) is 0 Å². The fourth-order valence-corrected chi connectivity index (χ4v) is 2.70. The number of ether oxygens (including phenoxy) is 2. The van der Waals surface area contributed by atoms with Crippen LogP contribution in [0, 0.1) is 10.8 Å². The van der Waals surface area contributed by atoms with E-state index in [4.69, 9.17) is 21.2 Å². The molecule has 0 aliphatic rings. The monoisotopic (exact) mass is 464 g/mol. The van der Waals surface area contributed by atoms with E-state index in [0.717, 1.165) is 0 Å². The van der Waals surface area contributed by atoms with Gasteiger partial charge in [0.25, 0.3) is 0 Å². The second kappa shape index (κ2) is 12.3. The number of hydrogen-bond acceptors (Lipinski definition) is 9. The Morgan fingerprint density at radius 3 is 1.88 bits per heavy atom. The van der Waals surface area contributed by atoms with Gasteiger partial charge in [-0.2, -0.15) is 11.0 Å². The number of carbonyl (C=O) groups excluding carboxylic acids is 3. The molecule has 1 atom stereocenters. The summed E-state index contributed by atoms with van der Waals surface area (Å²) in [5, 5.41) is 6.74. The van der Waals surface area contributed by atoms with Crippen molar-refractivity contribution in [3.63, 3.8) is 0 Å². The molecule has 0 aliphatic carbocycles. The maximum Gasteiger partial charge on any atom is 0.351 e. The van der Waals surface area contributed by atoms with Crippen molar-refractivity contribution in [2.75, 3.05) is 0 Å². The van der Waals surface area contributed by atoms with Gasteiger partial charge in [0.05, 0.1) is 0 Å². The van der Waals surface area contributed by atoms with Crippen LogP contribution in [0.2, 0.25) is 0 Å². The molecule has 0 unspecified atom stereocenters. The summed E-state index contributed by atoms with van der Waals surface area (Å²) in [6, 6.07) is 3.54. The molecule has 0 aliphatic heterocycles. The van der Waals surface area contributed by atoms with Crippen molar-refractivity contribution in [2.45, 2.75) is 79.7 Å². The Morgan fingerprint density at radius 2 is 1.42 bits per heavy atom. The van der Waals surface area contributed by atoms with Crippen LogP contribution in [0.1, 0.15) is 72.8 Å². The van der Waals surface area contributed by atoms with Crippen LogP contribution in [-0.2, 0) is 25.6 Å². The molecule has 184 valence electrons. The third-order valence-corrected chi connectivity index (χ3v) is 4.64. The second-order valence-electron chi connectivity index (χ2n) is 10.2. The number of carbonyl (C=O) groups is 3. The molecule has 0 fully saturated rings. The highest BCUT2D eigenvalue weighted by molar-refractivity contribution is 5.77. The predicted molar refractivity (Wildman–Crippen MR) is 122 cm³/mol. The largest absolute Gasteiger partial charge is 0.423 e. The zero-order valence-corrected chi connectivity index (χ0v) is 20.3. The van der Waals surface area contributed by atoms with Crippen LogP contribution in [0.4, 0.5) is 0 Å². The third-order valence-electron chi connectivity index (χ3n) is 4.64. The minimum Gasteiger partial charge on any atom is -0.423 e. The van der Waals surface area contributed by atoms with E-state index in [-0.39, 0.29) is 41.6 Å². The lowest BCUT2D eigenvalue weighted by atomic mass is 9.91. The van der Waals surface area contributed by atoms with Gasteiger partial charge in [-0.1, -0.05) is 52.8 Å². The number of nitrogens with zero attached hydrogens (tertiary/aromatic N) is 2. The summed E-state index contributed by atoms with van der Waals surface area (Å²) in [5.41, 5.74) is 0.465. The molecule has 0 aromatic heterocycles. The average Bonchev–Trinajstić information content (AvgIpc) is 2.70. The number of nitrogens with two attached hydrogens (primary N) is 2. The van der Waals surface area contributed by atoms with Gasteiger partial charge in [0.2, 0.25) is 0 Å². The smallest absolute Gasteiger partial charge is 0.351 e. The molecule has 0 spiro atoms. The Hall–Kier alpha value is -3.01. The van der Waals surface area contributed by atoms with E-state index in [1.807, 2.05) is 41.5 Å². The SMILES string of the molecule is CC(C)(C)CCC(=O)Oc1ccc(C[C@H](N=NN)C(=O)ON)cc1OC(=O)CCC(C)(C)C. The molecule has 33 heavy (non-hydrogen) atoms. The summed E-state index contributed by atoms with van der Waals surface area (Å²) in [4.78, 5) is 40.8. The molecule has 10 nitrogen and oxygen atoms in total. The van der Waals surface area contributed by atoms with Gasteiger partial charge in [0, 0.05) is 19.3 Å². The van der Waals surface area contributed by atoms with E-state index >= 15 is 0 Å². The summed E-state index contributed by atoms with van der Waals surface area (Å²) in [6.45, 7) is 12.1. The molecule has 10 heteroatoms. The molecular formula is C23H36N4O6. The topological polar surface area (TPSA) is 156 Å². The summed E-state index contributed by atoms with van der Waals surface area (Å²) in [6.07, 6.45) is 1.69. The second-order valence-corrected chi connectivity index (χ2v) is 10.2. The Morgan fingerprint density at radius 1 is 0.909 bits per heavy atom. The predicted octanol–water partition coefficient (Wildman–Crippen LogP) is 3.80. The lowest BCUT2D eigenvalue weighted by Gasteiger charge is -2.18. The van der Waals surface area contributed by atoms with Gasteiger partial charge in [-0.25, -0.2) is 4.79 Å². The zero-order valence-electron chi connectivity index (χ0n) is 20.3. The van der Waals surface area contributed by atoms with Gasteiger partial charge in [-0.3, -0.25) is 9.59 Å². The standard InChI is InChI=1S/C23H36N4O6/c1-22(2,3)11-9-19(28)31-17-8-7-15(13-16(26-27-24)21(30)33-25)14-18(17)32-20(29)10-12-23(4,5)6/h7-8,14,16H,9-13,25H2,1-6H3,(H2,24,26)/t16-/m0/s1. The lowest BCUT2D eigenvalue weighted by molar-refractivity contribution is -0.145. The lowest BCUT2D eigenvalue weighted by Crippen LogP contribution is -2.26. The summed E-state index contributed by atoms with van der Waals surface area (Å²) < 4.78 is 11.0. The first kappa shape index (κ1) is 28.0. The van der Waals surface area contributed by atoms with Crippen LogP contribution in [0.15, 0.2) is 28.5 Å². The first-order valence-electron chi connectivity index (χ1n) is 10.8. The minimum atomic E-state index is -1.08. The van der Waals surface area contributed by atoms with Crippen LogP contribution in [0.5, 0.6) is 11.5 Å². The van der Waals surface area contributed by atoms with Crippen molar-refractivity contribution in [3.8, 4) is 11.5 Å². The van der Waals surface area contributed by atoms with Gasteiger partial charge >= 0.3 is 17.9 Å². The van der Waals surface area contributed by atoms with Crippen molar-refractivity contribution >= 4 is 17.9 Å². The van der Waals surface area contributed by atoms with Crippen molar-refractivity contribution in [3.05, 3.63) is 23.8 Å². The summed E-state index contributed by atoms with van der Waals surface area (Å²) in [5.74, 6) is 8.45. The molecule has 0 saturated carbocycles. The number of benzene rings is 1. The maximum absolute atomic E-state index is 12.4. The van der Waals surface area contributed by atoms with Crippen LogP contribution in [-0.4, -0.2) is 23.9 Å². The van der Waals surface area contributed by atoms with Crippen LogP contribution in [0.25, 0.3) is 0 Å². The Kier molecular flexibility index (Phi) is 10.4. The normalized spacial score (nSPS) is 12.9. The van der Waals surface area contributed by atoms with Crippen LogP contribution < -0.4 is 21.2 Å². The van der Waals surface area contributed by atoms with E-state index in [1.165, 1.54) is 12.1 Å². The first-order chi connectivity index (χ1) is 15.2. The number of rotatable bonds is 10. The fourth-order valence-electron chi connectivity index (χ4n) is 2.70. The van der Waals surface area contributed by atoms with Crippen molar-refractivity contribution in [2.24, 2.45) is 32.9 Å². The number of esters is 2. The molecule has 1 rings (SSSR count). The van der Waals surface area contributed by atoms with Crippen molar-refractivity contribution in [1.29, 1.82) is 0 Å². The third kappa shape index (κ3) is 11.4. The Balaban J connectivity index is 3.12. The fraction of sp³-hybridized carbons (Fsp3) is 0.609. The highest BCUT2D eigenvalue weighted by Gasteiger charge is 2.23. The van der Waals surface area contributed by atoms with Crippen molar-refractivity contribution < 1.29 is 28.7 Å². The molecule has 0 amide bonds. The summed E-state index contributed by atoms with van der Waals surface area (Å²) in [7, 11) is 0. The van der Waals surface area contributed by atoms with Crippen LogP contribution >= 0.6 is 0 Å². The molecule has 4 N–H and O–H groups in total. The average molecular weight is 465 g/mol. The highest BCUT2D eigenvalue weighted by Crippen LogP contribution is 2.31. The molecule has 1 aromatic carbocycles. The highest BCUT2D eigenvalue weighted by atomic mass is 16.7. The molecular weight excluding hydrogens is 428 g/mol. The van der Waals surface area contributed by atoms with E-state index in [0.29, 0.717) is 18.4 Å². The summed E-state index contributed by atoms with van der Waals surface area (Å²) >= 11 is 0. The maximum atomic E-state index is 12.4. The molecule has 0 saturated heterocycles. The van der Waals surface area contributed by atoms with E-state index in [2.05, 4.69) is 15.2 Å². The van der Waals surface area contributed by atoms with Gasteiger partial charge < -0.3 is 20.2 Å². The van der Waals surface area contributed by atoms with Gasteiger partial charge in [-0.05, 0) is 41.4 Å². The van der Waals surface area contributed by atoms with E-state index < -0.39 is 23.9 Å².